The summed E-state index contributed by atoms with van der Waals surface area (Å²) < 4.78 is 0. The number of halogens is 2. The van der Waals surface area contributed by atoms with Crippen LogP contribution in [0.25, 0.3) is 0 Å². The van der Waals surface area contributed by atoms with Crippen LogP contribution in [0.3, 0.4) is 0 Å². The van der Waals surface area contributed by atoms with E-state index in [2.05, 4.69) is 0 Å². The van der Waals surface area contributed by atoms with Crippen LogP contribution in [-0.2, 0) is 11.2 Å². The third-order valence-electron chi connectivity index (χ3n) is 2.06. The molecule has 0 fully saturated rings. The zero-order valence-electron chi connectivity index (χ0n) is 8.24. The Morgan fingerprint density at radius 3 is 2.67 bits per heavy atom. The molecule has 0 aliphatic carbocycles. The summed E-state index contributed by atoms with van der Waals surface area (Å²) >= 11 is 5.77. The highest BCUT2D eigenvalue weighted by atomic mass is 35.5. The first kappa shape index (κ1) is 14.2. The van der Waals surface area contributed by atoms with Gasteiger partial charge in [-0.25, -0.2) is 0 Å². The first-order chi connectivity index (χ1) is 6.50. The van der Waals surface area contributed by atoms with Crippen LogP contribution in [0.5, 0.6) is 0 Å². The van der Waals surface area contributed by atoms with Gasteiger partial charge in [0, 0.05) is 5.02 Å². The highest BCUT2D eigenvalue weighted by Gasteiger charge is 2.13. The van der Waals surface area contributed by atoms with E-state index in [0.717, 1.165) is 11.1 Å². The van der Waals surface area contributed by atoms with E-state index in [1.165, 1.54) is 0 Å². The molecule has 1 aromatic rings. The smallest absolute Gasteiger partial charge is 0.320 e. The quantitative estimate of drug-likeness (QED) is 0.862. The van der Waals surface area contributed by atoms with Crippen LogP contribution in [0, 0.1) is 6.92 Å². The van der Waals surface area contributed by atoms with Crippen LogP contribution in [-0.4, -0.2) is 17.1 Å². The third-order valence-corrected chi connectivity index (χ3v) is 2.30. The van der Waals surface area contributed by atoms with Crippen molar-refractivity contribution in [2.24, 2.45) is 5.73 Å². The van der Waals surface area contributed by atoms with Crippen molar-refractivity contribution in [3.05, 3.63) is 34.3 Å². The van der Waals surface area contributed by atoms with Crippen LogP contribution in [0.1, 0.15) is 11.1 Å². The molecule has 15 heavy (non-hydrogen) atoms. The Hall–Kier alpha value is -0.770. The number of carbonyl (C=O) groups is 1. The fraction of sp³-hybridized carbons (Fsp3) is 0.300. The number of benzene rings is 1. The summed E-state index contributed by atoms with van der Waals surface area (Å²) in [5.41, 5.74) is 7.31. The average molecular weight is 250 g/mol. The lowest BCUT2D eigenvalue weighted by Crippen LogP contribution is -2.32. The second-order valence-electron chi connectivity index (χ2n) is 3.22. The van der Waals surface area contributed by atoms with Gasteiger partial charge in [0.05, 0.1) is 0 Å². The average Bonchev–Trinajstić information content (AvgIpc) is 2.09. The van der Waals surface area contributed by atoms with E-state index < -0.39 is 12.0 Å². The van der Waals surface area contributed by atoms with Gasteiger partial charge in [-0.05, 0) is 36.6 Å². The molecule has 3 N–H and O–H groups in total. The maximum atomic E-state index is 10.5. The molecule has 1 rings (SSSR count). The SMILES string of the molecule is Cc1cc(Cl)ccc1C[C@H](N)C(=O)O.Cl. The second kappa shape index (κ2) is 5.95. The Kier molecular flexibility index (Phi) is 5.65. The van der Waals surface area contributed by atoms with E-state index in [1.807, 2.05) is 6.92 Å². The second-order valence-corrected chi connectivity index (χ2v) is 3.66. The molecule has 0 saturated carbocycles. The molecule has 0 bridgehead atoms. The summed E-state index contributed by atoms with van der Waals surface area (Å²) in [4.78, 5) is 10.5. The monoisotopic (exact) mass is 249 g/mol. The van der Waals surface area contributed by atoms with Gasteiger partial charge in [0.1, 0.15) is 6.04 Å². The number of hydrogen-bond donors (Lipinski definition) is 2. The number of carboxylic acid groups (broad SMARTS) is 1. The molecule has 0 aromatic heterocycles. The zero-order chi connectivity index (χ0) is 10.7. The standard InChI is InChI=1S/C10H12ClNO2.ClH/c1-6-4-8(11)3-2-7(6)5-9(12)10(13)14;/h2-4,9H,5,12H2,1H3,(H,13,14);1H/t9-;/m0./s1. The number of aliphatic carboxylic acids is 1. The summed E-state index contributed by atoms with van der Waals surface area (Å²) in [7, 11) is 0. The fourth-order valence-corrected chi connectivity index (χ4v) is 1.44. The third kappa shape index (κ3) is 4.08. The van der Waals surface area contributed by atoms with Crippen molar-refractivity contribution in [2.45, 2.75) is 19.4 Å². The summed E-state index contributed by atoms with van der Waals surface area (Å²) in [6.45, 7) is 1.88. The molecular formula is C10H13Cl2NO2. The molecule has 0 unspecified atom stereocenters. The van der Waals surface area contributed by atoms with Gasteiger partial charge < -0.3 is 10.8 Å². The molecule has 3 nitrogen and oxygen atoms in total. The molecule has 0 aliphatic heterocycles. The van der Waals surface area contributed by atoms with Crippen LogP contribution in [0.15, 0.2) is 18.2 Å². The maximum Gasteiger partial charge on any atom is 0.320 e. The van der Waals surface area contributed by atoms with Crippen molar-refractivity contribution in [3.63, 3.8) is 0 Å². The van der Waals surface area contributed by atoms with Crippen molar-refractivity contribution >= 4 is 30.0 Å². The topological polar surface area (TPSA) is 63.3 Å². The molecule has 0 amide bonds. The first-order valence-electron chi connectivity index (χ1n) is 4.24. The van der Waals surface area contributed by atoms with E-state index in [0.29, 0.717) is 11.4 Å². The van der Waals surface area contributed by atoms with E-state index >= 15 is 0 Å². The predicted molar refractivity (Wildman–Crippen MR) is 62.8 cm³/mol. The van der Waals surface area contributed by atoms with Crippen LogP contribution >= 0.6 is 24.0 Å². The van der Waals surface area contributed by atoms with Gasteiger partial charge in [0.15, 0.2) is 0 Å². The maximum absolute atomic E-state index is 10.5. The lowest BCUT2D eigenvalue weighted by Gasteiger charge is -2.09. The minimum Gasteiger partial charge on any atom is -0.480 e. The highest BCUT2D eigenvalue weighted by Crippen LogP contribution is 2.16. The minimum absolute atomic E-state index is 0. The van der Waals surface area contributed by atoms with E-state index in [-0.39, 0.29) is 12.4 Å². The fourth-order valence-electron chi connectivity index (χ4n) is 1.21. The molecule has 1 atom stereocenters. The predicted octanol–water partition coefficient (Wildman–Crippen LogP) is 2.02. The van der Waals surface area contributed by atoms with Gasteiger partial charge in [0.2, 0.25) is 0 Å². The van der Waals surface area contributed by atoms with Crippen molar-refractivity contribution in [1.29, 1.82) is 0 Å². The molecule has 1 aromatic carbocycles. The number of nitrogens with two attached hydrogens (primary N) is 1. The molecule has 84 valence electrons. The molecule has 0 spiro atoms. The number of hydrogen-bond acceptors (Lipinski definition) is 2. The van der Waals surface area contributed by atoms with Gasteiger partial charge in [-0.2, -0.15) is 0 Å². The van der Waals surface area contributed by atoms with Gasteiger partial charge in [-0.3, -0.25) is 4.79 Å². The largest absolute Gasteiger partial charge is 0.480 e. The number of carboxylic acids is 1. The number of aryl methyl sites for hydroxylation is 1. The Balaban J connectivity index is 0.00000196. The molecule has 0 radical (unpaired) electrons. The molecule has 0 aliphatic rings. The van der Waals surface area contributed by atoms with Crippen molar-refractivity contribution < 1.29 is 9.90 Å². The highest BCUT2D eigenvalue weighted by molar-refractivity contribution is 6.30. The molecular weight excluding hydrogens is 237 g/mol. The van der Waals surface area contributed by atoms with Crippen molar-refractivity contribution in [3.8, 4) is 0 Å². The Bertz CT molecular complexity index is 355. The van der Waals surface area contributed by atoms with Crippen LogP contribution in [0.2, 0.25) is 5.02 Å². The van der Waals surface area contributed by atoms with E-state index in [1.54, 1.807) is 18.2 Å². The lowest BCUT2D eigenvalue weighted by molar-refractivity contribution is -0.138. The van der Waals surface area contributed by atoms with Crippen LogP contribution in [0.4, 0.5) is 0 Å². The molecule has 5 heteroatoms. The Labute approximate surface area is 99.6 Å². The summed E-state index contributed by atoms with van der Waals surface area (Å²) in [5.74, 6) is -0.987. The summed E-state index contributed by atoms with van der Waals surface area (Å²) in [6, 6.07) is 4.49. The van der Waals surface area contributed by atoms with Crippen LogP contribution < -0.4 is 5.73 Å². The van der Waals surface area contributed by atoms with E-state index in [9.17, 15) is 4.79 Å². The summed E-state index contributed by atoms with van der Waals surface area (Å²) in [6.07, 6.45) is 0.332. The van der Waals surface area contributed by atoms with Gasteiger partial charge in [-0.15, -0.1) is 12.4 Å². The Morgan fingerprint density at radius 2 is 2.20 bits per heavy atom. The Morgan fingerprint density at radius 1 is 1.60 bits per heavy atom. The van der Waals surface area contributed by atoms with Crippen molar-refractivity contribution in [1.82, 2.24) is 0 Å². The number of rotatable bonds is 3. The van der Waals surface area contributed by atoms with Gasteiger partial charge >= 0.3 is 5.97 Å². The zero-order valence-corrected chi connectivity index (χ0v) is 9.81. The first-order valence-corrected chi connectivity index (χ1v) is 4.62. The lowest BCUT2D eigenvalue weighted by atomic mass is 10.0. The van der Waals surface area contributed by atoms with Gasteiger partial charge in [0.25, 0.3) is 0 Å². The summed E-state index contributed by atoms with van der Waals surface area (Å²) in [5, 5.41) is 9.29. The molecule has 0 saturated heterocycles. The molecule has 0 heterocycles. The van der Waals surface area contributed by atoms with Crippen molar-refractivity contribution in [2.75, 3.05) is 0 Å². The van der Waals surface area contributed by atoms with E-state index in [4.69, 9.17) is 22.4 Å². The minimum atomic E-state index is -0.987. The van der Waals surface area contributed by atoms with Gasteiger partial charge in [-0.1, -0.05) is 17.7 Å². The normalized spacial score (nSPS) is 11.7.